The average molecular weight is 265 g/mol. The first kappa shape index (κ1) is 12.7. The molecule has 18 heavy (non-hydrogen) atoms. The molecule has 2 nitrogen and oxygen atoms in total. The third-order valence-electron chi connectivity index (χ3n) is 2.80. The number of anilines is 2. The fourth-order valence-electron chi connectivity index (χ4n) is 1.80. The van der Waals surface area contributed by atoms with E-state index < -0.39 is 0 Å². The normalized spacial score (nSPS) is 12.2. The van der Waals surface area contributed by atoms with Crippen LogP contribution >= 0.6 is 11.6 Å². The molecule has 2 rings (SSSR count). The Morgan fingerprint density at radius 2 is 1.89 bits per heavy atom. The maximum absolute atomic E-state index is 13.6. The van der Waals surface area contributed by atoms with Gasteiger partial charge in [-0.1, -0.05) is 35.9 Å². The smallest absolute Gasteiger partial charge is 0.128 e. The molecule has 1 atom stereocenters. The lowest BCUT2D eigenvalue weighted by Gasteiger charge is -2.18. The number of nitrogens with one attached hydrogen (secondary N) is 1. The lowest BCUT2D eigenvalue weighted by atomic mass is 10.1. The summed E-state index contributed by atoms with van der Waals surface area (Å²) in [6.45, 7) is 1.87. The van der Waals surface area contributed by atoms with E-state index in [1.807, 2.05) is 13.0 Å². The zero-order valence-electron chi connectivity index (χ0n) is 9.95. The SMILES string of the molecule is CC(Nc1cccc(Cl)c1N)c1ccccc1F. The second kappa shape index (κ2) is 5.27. The van der Waals surface area contributed by atoms with E-state index in [1.54, 1.807) is 30.3 Å². The molecule has 2 aromatic rings. The van der Waals surface area contributed by atoms with Crippen molar-refractivity contribution in [3.05, 3.63) is 58.9 Å². The summed E-state index contributed by atoms with van der Waals surface area (Å²) in [5.41, 5.74) is 7.63. The molecule has 1 unspecified atom stereocenters. The molecule has 0 aromatic heterocycles. The van der Waals surface area contributed by atoms with Gasteiger partial charge in [-0.15, -0.1) is 0 Å². The summed E-state index contributed by atoms with van der Waals surface area (Å²) in [5.74, 6) is -0.238. The molecule has 4 heteroatoms. The molecule has 0 aliphatic rings. The first-order chi connectivity index (χ1) is 8.59. The number of hydrogen-bond acceptors (Lipinski definition) is 2. The summed E-state index contributed by atoms with van der Waals surface area (Å²) in [5, 5.41) is 3.65. The third-order valence-corrected chi connectivity index (χ3v) is 3.13. The summed E-state index contributed by atoms with van der Waals surface area (Å²) in [6.07, 6.45) is 0. The van der Waals surface area contributed by atoms with Gasteiger partial charge in [0.1, 0.15) is 5.82 Å². The third kappa shape index (κ3) is 2.57. The highest BCUT2D eigenvalue weighted by molar-refractivity contribution is 6.33. The molecule has 2 aromatic carbocycles. The molecule has 0 saturated carbocycles. The van der Waals surface area contributed by atoms with Crippen molar-refractivity contribution in [1.29, 1.82) is 0 Å². The van der Waals surface area contributed by atoms with Crippen LogP contribution in [0.4, 0.5) is 15.8 Å². The summed E-state index contributed by atoms with van der Waals surface area (Å²) in [6, 6.07) is 11.8. The van der Waals surface area contributed by atoms with Gasteiger partial charge in [-0.25, -0.2) is 4.39 Å². The Balaban J connectivity index is 2.24. The summed E-state index contributed by atoms with van der Waals surface area (Å²) >= 11 is 5.94. The predicted octanol–water partition coefficient (Wildman–Crippen LogP) is 4.23. The highest BCUT2D eigenvalue weighted by atomic mass is 35.5. The van der Waals surface area contributed by atoms with E-state index in [-0.39, 0.29) is 11.9 Å². The quantitative estimate of drug-likeness (QED) is 0.814. The second-order valence-corrected chi connectivity index (χ2v) is 4.50. The van der Waals surface area contributed by atoms with Crippen LogP contribution < -0.4 is 11.1 Å². The van der Waals surface area contributed by atoms with Gasteiger partial charge in [-0.2, -0.15) is 0 Å². The van der Waals surface area contributed by atoms with Crippen molar-refractivity contribution in [3.8, 4) is 0 Å². The first-order valence-corrected chi connectivity index (χ1v) is 6.02. The zero-order valence-corrected chi connectivity index (χ0v) is 10.7. The van der Waals surface area contributed by atoms with Crippen molar-refractivity contribution in [2.45, 2.75) is 13.0 Å². The van der Waals surface area contributed by atoms with Gasteiger partial charge < -0.3 is 11.1 Å². The minimum Gasteiger partial charge on any atom is -0.396 e. The van der Waals surface area contributed by atoms with Crippen LogP contribution in [0.3, 0.4) is 0 Å². The first-order valence-electron chi connectivity index (χ1n) is 5.64. The topological polar surface area (TPSA) is 38.0 Å². The zero-order chi connectivity index (χ0) is 13.1. The van der Waals surface area contributed by atoms with E-state index >= 15 is 0 Å². The number of hydrogen-bond donors (Lipinski definition) is 2. The molecule has 3 N–H and O–H groups in total. The van der Waals surface area contributed by atoms with Crippen LogP contribution in [0.25, 0.3) is 0 Å². The molecule has 0 aliphatic heterocycles. The maximum Gasteiger partial charge on any atom is 0.128 e. The van der Waals surface area contributed by atoms with Crippen molar-refractivity contribution in [3.63, 3.8) is 0 Å². The summed E-state index contributed by atoms with van der Waals surface area (Å²) in [7, 11) is 0. The van der Waals surface area contributed by atoms with Crippen LogP contribution in [0, 0.1) is 5.82 Å². The summed E-state index contributed by atoms with van der Waals surface area (Å²) < 4.78 is 13.6. The van der Waals surface area contributed by atoms with Gasteiger partial charge in [0.15, 0.2) is 0 Å². The van der Waals surface area contributed by atoms with Gasteiger partial charge in [-0.05, 0) is 25.1 Å². The van der Waals surface area contributed by atoms with E-state index in [1.165, 1.54) is 6.07 Å². The van der Waals surface area contributed by atoms with Crippen molar-refractivity contribution in [2.24, 2.45) is 0 Å². The fraction of sp³-hybridized carbons (Fsp3) is 0.143. The standard InChI is InChI=1S/C14H14ClFN2/c1-9(10-5-2-3-7-12(10)16)18-13-8-4-6-11(15)14(13)17/h2-9,18H,17H2,1H3. The number of nitrogen functional groups attached to an aromatic ring is 1. The Hall–Kier alpha value is -1.74. The molecule has 0 fully saturated rings. The van der Waals surface area contributed by atoms with E-state index in [2.05, 4.69) is 5.32 Å². The van der Waals surface area contributed by atoms with Crippen LogP contribution in [0.2, 0.25) is 5.02 Å². The maximum atomic E-state index is 13.6. The molecule has 0 bridgehead atoms. The van der Waals surface area contributed by atoms with Gasteiger partial charge in [-0.3, -0.25) is 0 Å². The van der Waals surface area contributed by atoms with E-state index in [4.69, 9.17) is 17.3 Å². The van der Waals surface area contributed by atoms with Gasteiger partial charge in [0.05, 0.1) is 22.4 Å². The predicted molar refractivity (Wildman–Crippen MR) is 74.3 cm³/mol. The van der Waals surface area contributed by atoms with Gasteiger partial charge >= 0.3 is 0 Å². The molecule has 0 saturated heterocycles. The lowest BCUT2D eigenvalue weighted by Crippen LogP contribution is -2.10. The highest BCUT2D eigenvalue weighted by Gasteiger charge is 2.11. The van der Waals surface area contributed by atoms with Crippen molar-refractivity contribution < 1.29 is 4.39 Å². The van der Waals surface area contributed by atoms with Crippen molar-refractivity contribution in [2.75, 3.05) is 11.1 Å². The number of benzene rings is 2. The van der Waals surface area contributed by atoms with Gasteiger partial charge in [0, 0.05) is 5.56 Å². The molecular formula is C14H14ClFN2. The summed E-state index contributed by atoms with van der Waals surface area (Å²) in [4.78, 5) is 0. The molecule has 94 valence electrons. The van der Waals surface area contributed by atoms with Crippen LogP contribution in [-0.4, -0.2) is 0 Å². The lowest BCUT2D eigenvalue weighted by molar-refractivity contribution is 0.600. The average Bonchev–Trinajstić information content (AvgIpc) is 2.35. The number of halogens is 2. The van der Waals surface area contributed by atoms with E-state index in [0.717, 1.165) is 0 Å². The van der Waals surface area contributed by atoms with E-state index in [0.29, 0.717) is 22.0 Å². The monoisotopic (exact) mass is 264 g/mol. The van der Waals surface area contributed by atoms with E-state index in [9.17, 15) is 4.39 Å². The Labute approximate surface area is 111 Å². The highest BCUT2D eigenvalue weighted by Crippen LogP contribution is 2.30. The van der Waals surface area contributed by atoms with Crippen LogP contribution in [0.15, 0.2) is 42.5 Å². The van der Waals surface area contributed by atoms with Crippen molar-refractivity contribution in [1.82, 2.24) is 0 Å². The minimum absolute atomic E-state index is 0.188. The van der Waals surface area contributed by atoms with Gasteiger partial charge in [0.25, 0.3) is 0 Å². The second-order valence-electron chi connectivity index (χ2n) is 4.09. The molecular weight excluding hydrogens is 251 g/mol. The Bertz CT molecular complexity index is 557. The number of rotatable bonds is 3. The molecule has 0 aliphatic carbocycles. The molecule has 0 amide bonds. The number of para-hydroxylation sites is 1. The fourth-order valence-corrected chi connectivity index (χ4v) is 1.97. The van der Waals surface area contributed by atoms with Crippen LogP contribution in [-0.2, 0) is 0 Å². The van der Waals surface area contributed by atoms with Crippen molar-refractivity contribution >= 4 is 23.0 Å². The largest absolute Gasteiger partial charge is 0.396 e. The van der Waals surface area contributed by atoms with Gasteiger partial charge in [0.2, 0.25) is 0 Å². The Kier molecular flexibility index (Phi) is 3.72. The Morgan fingerprint density at radius 3 is 2.61 bits per heavy atom. The molecule has 0 radical (unpaired) electrons. The Morgan fingerprint density at radius 1 is 1.17 bits per heavy atom. The van der Waals surface area contributed by atoms with Crippen LogP contribution in [0.1, 0.15) is 18.5 Å². The van der Waals surface area contributed by atoms with Crippen LogP contribution in [0.5, 0.6) is 0 Å². The molecule has 0 spiro atoms. The minimum atomic E-state index is -0.238. The number of nitrogens with two attached hydrogens (primary N) is 1. The molecule has 0 heterocycles.